The van der Waals surface area contributed by atoms with Gasteiger partial charge in [0, 0.05) is 5.75 Å². The van der Waals surface area contributed by atoms with E-state index in [1.54, 1.807) is 14.0 Å². The van der Waals surface area contributed by atoms with Crippen LogP contribution in [-0.2, 0) is 9.53 Å². The first-order valence-electron chi connectivity index (χ1n) is 4.51. The quantitative estimate of drug-likeness (QED) is 0.592. The SMILES string of the molecule is CCOC(=O)C(CSc1ncns1)NC. The number of ether oxygens (including phenoxy) is 1. The van der Waals surface area contributed by atoms with Crippen LogP contribution in [0, 0.1) is 0 Å². The summed E-state index contributed by atoms with van der Waals surface area (Å²) in [6.45, 7) is 2.20. The van der Waals surface area contributed by atoms with Crippen LogP contribution in [-0.4, -0.2) is 40.8 Å². The van der Waals surface area contributed by atoms with Gasteiger partial charge in [0.25, 0.3) is 0 Å². The average Bonchev–Trinajstić information content (AvgIpc) is 2.72. The summed E-state index contributed by atoms with van der Waals surface area (Å²) in [7, 11) is 1.74. The van der Waals surface area contributed by atoms with Crippen LogP contribution in [0.25, 0.3) is 0 Å². The van der Waals surface area contributed by atoms with Crippen LogP contribution >= 0.6 is 23.3 Å². The normalized spacial score (nSPS) is 12.4. The van der Waals surface area contributed by atoms with Gasteiger partial charge in [-0.25, -0.2) is 4.98 Å². The number of esters is 1. The number of carbonyl (C=O) groups is 1. The second-order valence-electron chi connectivity index (χ2n) is 2.61. The summed E-state index contributed by atoms with van der Waals surface area (Å²) in [4.78, 5) is 15.4. The number of thioether (sulfide) groups is 1. The van der Waals surface area contributed by atoms with E-state index in [9.17, 15) is 4.79 Å². The fourth-order valence-corrected chi connectivity index (χ4v) is 2.45. The van der Waals surface area contributed by atoms with Crippen LogP contribution in [0.3, 0.4) is 0 Å². The Morgan fingerprint density at radius 3 is 3.13 bits per heavy atom. The van der Waals surface area contributed by atoms with Crippen LogP contribution in [0.2, 0.25) is 0 Å². The molecular weight excluding hydrogens is 234 g/mol. The van der Waals surface area contributed by atoms with Crippen LogP contribution in [0.15, 0.2) is 10.7 Å². The topological polar surface area (TPSA) is 64.1 Å². The van der Waals surface area contributed by atoms with E-state index in [1.807, 2.05) is 0 Å². The number of hydrogen-bond acceptors (Lipinski definition) is 7. The highest BCUT2D eigenvalue weighted by molar-refractivity contribution is 8.01. The first-order valence-corrected chi connectivity index (χ1v) is 6.27. The Balaban J connectivity index is 2.37. The van der Waals surface area contributed by atoms with Crippen LogP contribution in [0.1, 0.15) is 6.92 Å². The Morgan fingerprint density at radius 1 is 1.80 bits per heavy atom. The van der Waals surface area contributed by atoms with Crippen LogP contribution in [0.4, 0.5) is 0 Å². The van der Waals surface area contributed by atoms with E-state index in [4.69, 9.17) is 4.74 Å². The molecule has 0 aliphatic carbocycles. The van der Waals surface area contributed by atoms with E-state index in [2.05, 4.69) is 14.7 Å². The number of aromatic nitrogens is 2. The predicted octanol–water partition coefficient (Wildman–Crippen LogP) is 0.781. The number of nitrogens with one attached hydrogen (secondary N) is 1. The third-order valence-corrected chi connectivity index (χ3v) is 3.52. The Kier molecular flexibility index (Phi) is 5.59. The van der Waals surface area contributed by atoms with Gasteiger partial charge in [0.15, 0.2) is 4.34 Å². The van der Waals surface area contributed by atoms with Gasteiger partial charge in [-0.15, -0.1) is 0 Å². The molecule has 1 aromatic heterocycles. The van der Waals surface area contributed by atoms with Crippen molar-refractivity contribution < 1.29 is 9.53 Å². The fraction of sp³-hybridized carbons (Fsp3) is 0.625. The van der Waals surface area contributed by atoms with Crippen molar-refractivity contribution in [1.82, 2.24) is 14.7 Å². The summed E-state index contributed by atoms with van der Waals surface area (Å²) in [6.07, 6.45) is 1.51. The largest absolute Gasteiger partial charge is 0.465 e. The molecule has 1 heterocycles. The van der Waals surface area contributed by atoms with Gasteiger partial charge in [0.2, 0.25) is 0 Å². The molecule has 1 rings (SSSR count). The van der Waals surface area contributed by atoms with E-state index in [0.717, 1.165) is 4.34 Å². The Morgan fingerprint density at radius 2 is 2.60 bits per heavy atom. The molecule has 1 N–H and O–H groups in total. The van der Waals surface area contributed by atoms with Gasteiger partial charge in [-0.2, -0.15) is 4.37 Å². The maximum atomic E-state index is 11.4. The highest BCUT2D eigenvalue weighted by atomic mass is 32.2. The standard InChI is InChI=1S/C8H13N3O2S2/c1-3-13-7(12)6(9-2)4-14-8-10-5-11-15-8/h5-6,9H,3-4H2,1-2H3. The molecule has 1 unspecified atom stereocenters. The molecular formula is C8H13N3O2S2. The number of carbonyl (C=O) groups excluding carboxylic acids is 1. The van der Waals surface area contributed by atoms with E-state index in [-0.39, 0.29) is 12.0 Å². The Bertz CT molecular complexity index is 292. The molecule has 0 amide bonds. The van der Waals surface area contributed by atoms with E-state index < -0.39 is 0 Å². The van der Waals surface area contributed by atoms with Crippen molar-refractivity contribution in [1.29, 1.82) is 0 Å². The molecule has 0 fully saturated rings. The molecule has 15 heavy (non-hydrogen) atoms. The van der Waals surface area contributed by atoms with Crippen LogP contribution in [0.5, 0.6) is 0 Å². The third kappa shape index (κ3) is 4.15. The molecule has 1 aromatic rings. The van der Waals surface area contributed by atoms with Gasteiger partial charge in [0.1, 0.15) is 12.4 Å². The lowest BCUT2D eigenvalue weighted by molar-refractivity contribution is -0.144. The zero-order valence-electron chi connectivity index (χ0n) is 8.60. The minimum atomic E-state index is -0.293. The molecule has 84 valence electrons. The predicted molar refractivity (Wildman–Crippen MR) is 60.1 cm³/mol. The van der Waals surface area contributed by atoms with Crippen molar-refractivity contribution in [3.8, 4) is 0 Å². The summed E-state index contributed by atoms with van der Waals surface area (Å²) in [6, 6.07) is -0.293. The van der Waals surface area contributed by atoms with Crippen molar-refractivity contribution in [2.75, 3.05) is 19.4 Å². The second-order valence-corrected chi connectivity index (χ2v) is 4.66. The summed E-state index contributed by atoms with van der Waals surface area (Å²) in [5, 5.41) is 2.91. The highest BCUT2D eigenvalue weighted by Crippen LogP contribution is 2.19. The average molecular weight is 247 g/mol. The highest BCUT2D eigenvalue weighted by Gasteiger charge is 2.18. The number of nitrogens with zero attached hydrogens (tertiary/aromatic N) is 2. The lowest BCUT2D eigenvalue weighted by Crippen LogP contribution is -2.37. The van der Waals surface area contributed by atoms with Gasteiger partial charge in [0.05, 0.1) is 6.61 Å². The van der Waals surface area contributed by atoms with Crippen molar-refractivity contribution in [2.45, 2.75) is 17.3 Å². The van der Waals surface area contributed by atoms with E-state index in [1.165, 1.54) is 29.6 Å². The zero-order valence-corrected chi connectivity index (χ0v) is 10.2. The van der Waals surface area contributed by atoms with Gasteiger partial charge in [-0.1, -0.05) is 11.8 Å². The van der Waals surface area contributed by atoms with Gasteiger partial charge in [-0.05, 0) is 25.5 Å². The zero-order chi connectivity index (χ0) is 11.1. The molecule has 0 aliphatic heterocycles. The van der Waals surface area contributed by atoms with E-state index >= 15 is 0 Å². The first-order chi connectivity index (χ1) is 7.27. The first kappa shape index (κ1) is 12.4. The molecule has 7 heteroatoms. The summed E-state index contributed by atoms with van der Waals surface area (Å²) < 4.78 is 9.66. The molecule has 0 radical (unpaired) electrons. The van der Waals surface area contributed by atoms with Gasteiger partial charge >= 0.3 is 5.97 Å². The number of likely N-dealkylation sites (N-methyl/N-ethyl adjacent to an activating group) is 1. The monoisotopic (exact) mass is 247 g/mol. The molecule has 0 saturated heterocycles. The summed E-state index contributed by atoms with van der Waals surface area (Å²) >= 11 is 2.82. The lowest BCUT2D eigenvalue weighted by atomic mass is 10.3. The van der Waals surface area contributed by atoms with Crippen LogP contribution < -0.4 is 5.32 Å². The molecule has 0 bridgehead atoms. The molecule has 5 nitrogen and oxygen atoms in total. The lowest BCUT2D eigenvalue weighted by Gasteiger charge is -2.12. The molecule has 0 spiro atoms. The third-order valence-electron chi connectivity index (χ3n) is 1.63. The maximum Gasteiger partial charge on any atom is 0.323 e. The van der Waals surface area contributed by atoms with E-state index in [0.29, 0.717) is 12.4 Å². The smallest absolute Gasteiger partial charge is 0.323 e. The summed E-state index contributed by atoms with van der Waals surface area (Å²) in [5.74, 6) is 0.377. The molecule has 0 saturated carbocycles. The molecule has 1 atom stereocenters. The second kappa shape index (κ2) is 6.76. The summed E-state index contributed by atoms with van der Waals surface area (Å²) in [5.41, 5.74) is 0. The number of rotatable bonds is 6. The Hall–Kier alpha value is -0.660. The fourth-order valence-electron chi connectivity index (χ4n) is 0.893. The minimum Gasteiger partial charge on any atom is -0.465 e. The molecule has 0 aromatic carbocycles. The maximum absolute atomic E-state index is 11.4. The van der Waals surface area contributed by atoms with Crippen molar-refractivity contribution in [3.63, 3.8) is 0 Å². The van der Waals surface area contributed by atoms with Gasteiger partial charge < -0.3 is 10.1 Å². The molecule has 0 aliphatic rings. The van der Waals surface area contributed by atoms with Crippen molar-refractivity contribution in [3.05, 3.63) is 6.33 Å². The Labute approximate surface area is 96.8 Å². The van der Waals surface area contributed by atoms with Crippen molar-refractivity contribution in [2.24, 2.45) is 0 Å². The number of hydrogen-bond donors (Lipinski definition) is 1. The van der Waals surface area contributed by atoms with Gasteiger partial charge in [-0.3, -0.25) is 4.79 Å². The van der Waals surface area contributed by atoms with Crippen molar-refractivity contribution >= 4 is 29.3 Å². The minimum absolute atomic E-state index is 0.225.